The topological polar surface area (TPSA) is 87.7 Å². The molecule has 2 heterocycles. The van der Waals surface area contributed by atoms with Crippen molar-refractivity contribution in [1.82, 2.24) is 15.5 Å². The number of hydrogen-bond donors (Lipinski definition) is 2. The highest BCUT2D eigenvalue weighted by Gasteiger charge is 2.53. The van der Waals surface area contributed by atoms with Gasteiger partial charge in [0.2, 0.25) is 5.91 Å². The Labute approximate surface area is 167 Å². The van der Waals surface area contributed by atoms with Gasteiger partial charge < -0.3 is 15.0 Å². The Morgan fingerprint density at radius 2 is 1.76 bits per heavy atom. The van der Waals surface area contributed by atoms with E-state index in [2.05, 4.69) is 10.6 Å². The maximum Gasteiger partial charge on any atom is 0.325 e. The first-order valence-electron chi connectivity index (χ1n) is 9.37. The molecule has 0 radical (unpaired) electrons. The van der Waals surface area contributed by atoms with E-state index in [9.17, 15) is 14.4 Å². The lowest BCUT2D eigenvalue weighted by Crippen LogP contribution is -2.66. The van der Waals surface area contributed by atoms with Crippen LogP contribution in [0.2, 0.25) is 0 Å². The van der Waals surface area contributed by atoms with Crippen LogP contribution in [0.4, 0.5) is 4.79 Å². The summed E-state index contributed by atoms with van der Waals surface area (Å²) >= 11 is 0. The number of amides is 3. The molecule has 1 aliphatic carbocycles. The van der Waals surface area contributed by atoms with Crippen molar-refractivity contribution in [3.05, 3.63) is 70.8 Å². The second kappa shape index (κ2) is 6.20. The monoisotopic (exact) mass is 389 g/mol. The van der Waals surface area contributed by atoms with Crippen LogP contribution in [0, 0.1) is 5.92 Å². The van der Waals surface area contributed by atoms with Gasteiger partial charge in [-0.1, -0.05) is 36.4 Å². The van der Waals surface area contributed by atoms with E-state index in [1.807, 2.05) is 42.5 Å². The second-order valence-corrected chi connectivity index (χ2v) is 7.44. The molecule has 1 fully saturated rings. The smallest absolute Gasteiger partial charge is 0.325 e. The standard InChI is InChI=1S/C22H19N3O4/c1-25-20-17(21(27)24-22(25)28)15(11-6-5-7-12(10-11)29-2)16-18(23-20)13-8-3-4-9-14(13)19(16)26/h3-10,15,17,20,23H,1-2H3,(H,24,27,28). The van der Waals surface area contributed by atoms with Gasteiger partial charge >= 0.3 is 6.03 Å². The summed E-state index contributed by atoms with van der Waals surface area (Å²) in [7, 11) is 3.22. The van der Waals surface area contributed by atoms with E-state index in [1.165, 1.54) is 4.90 Å². The molecule has 7 nitrogen and oxygen atoms in total. The summed E-state index contributed by atoms with van der Waals surface area (Å²) in [5, 5.41) is 5.73. The number of nitrogens with zero attached hydrogens (tertiary/aromatic N) is 1. The van der Waals surface area contributed by atoms with E-state index >= 15 is 0 Å². The zero-order valence-corrected chi connectivity index (χ0v) is 15.9. The van der Waals surface area contributed by atoms with Gasteiger partial charge in [0.15, 0.2) is 5.78 Å². The Kier molecular flexibility index (Phi) is 3.74. The van der Waals surface area contributed by atoms with Crippen LogP contribution in [-0.2, 0) is 4.79 Å². The summed E-state index contributed by atoms with van der Waals surface area (Å²) in [6.07, 6.45) is -0.565. The van der Waals surface area contributed by atoms with Crippen molar-refractivity contribution in [3.8, 4) is 5.75 Å². The lowest BCUT2D eigenvalue weighted by atomic mass is 9.73. The Morgan fingerprint density at radius 1 is 1.00 bits per heavy atom. The first-order valence-corrected chi connectivity index (χ1v) is 9.37. The number of urea groups is 1. The molecule has 3 amide bonds. The van der Waals surface area contributed by atoms with Gasteiger partial charge in [-0.2, -0.15) is 0 Å². The van der Waals surface area contributed by atoms with Crippen molar-refractivity contribution in [3.63, 3.8) is 0 Å². The highest BCUT2D eigenvalue weighted by Crippen LogP contribution is 2.48. The van der Waals surface area contributed by atoms with E-state index in [-0.39, 0.29) is 5.78 Å². The van der Waals surface area contributed by atoms with Gasteiger partial charge in [0.25, 0.3) is 0 Å². The number of imide groups is 1. The zero-order chi connectivity index (χ0) is 20.3. The first kappa shape index (κ1) is 17.5. The fourth-order valence-electron chi connectivity index (χ4n) is 4.60. The van der Waals surface area contributed by atoms with Crippen LogP contribution in [0.5, 0.6) is 5.75 Å². The number of carbonyl (C=O) groups is 3. The fourth-order valence-corrected chi connectivity index (χ4v) is 4.60. The number of Topliss-reactive ketones (excluding diaryl/α,β-unsaturated/α-hetero) is 1. The summed E-state index contributed by atoms with van der Waals surface area (Å²) in [5.74, 6) is -1.01. The minimum Gasteiger partial charge on any atom is -0.497 e. The molecule has 2 N–H and O–H groups in total. The molecule has 0 aromatic heterocycles. The number of ether oxygens (including phenoxy) is 1. The molecule has 2 aromatic carbocycles. The Bertz CT molecular complexity index is 1110. The van der Waals surface area contributed by atoms with E-state index in [1.54, 1.807) is 20.2 Å². The number of benzene rings is 2. The van der Waals surface area contributed by atoms with E-state index in [4.69, 9.17) is 4.74 Å². The molecule has 146 valence electrons. The van der Waals surface area contributed by atoms with Gasteiger partial charge in [-0.25, -0.2) is 4.79 Å². The maximum absolute atomic E-state index is 13.4. The van der Waals surface area contributed by atoms with E-state index in [0.717, 1.165) is 11.1 Å². The zero-order valence-electron chi connectivity index (χ0n) is 15.9. The van der Waals surface area contributed by atoms with Crippen molar-refractivity contribution >= 4 is 23.4 Å². The van der Waals surface area contributed by atoms with Crippen molar-refractivity contribution in [2.75, 3.05) is 14.2 Å². The molecule has 0 spiro atoms. The van der Waals surface area contributed by atoms with Crippen LogP contribution in [0.1, 0.15) is 27.4 Å². The molecule has 0 saturated carbocycles. The molecule has 1 saturated heterocycles. The Balaban J connectivity index is 1.75. The second-order valence-electron chi connectivity index (χ2n) is 7.44. The number of hydrogen-bond acceptors (Lipinski definition) is 5. The van der Waals surface area contributed by atoms with Crippen molar-refractivity contribution < 1.29 is 19.1 Å². The minimum atomic E-state index is -0.651. The summed E-state index contributed by atoms with van der Waals surface area (Å²) in [4.78, 5) is 40.0. The van der Waals surface area contributed by atoms with Gasteiger partial charge in [0.05, 0.1) is 18.7 Å². The molecule has 3 atom stereocenters. The highest BCUT2D eigenvalue weighted by atomic mass is 16.5. The van der Waals surface area contributed by atoms with Gasteiger partial charge in [0.1, 0.15) is 11.9 Å². The molecule has 7 heteroatoms. The number of nitrogens with one attached hydrogen (secondary N) is 2. The molecule has 2 aliphatic heterocycles. The van der Waals surface area contributed by atoms with Crippen LogP contribution >= 0.6 is 0 Å². The molecule has 0 bridgehead atoms. The molecule has 3 aliphatic rings. The van der Waals surface area contributed by atoms with Crippen LogP contribution in [0.3, 0.4) is 0 Å². The molecular weight excluding hydrogens is 370 g/mol. The number of methoxy groups -OCH3 is 1. The number of ketones is 1. The molecular formula is C22H19N3O4. The average molecular weight is 389 g/mol. The summed E-state index contributed by atoms with van der Waals surface area (Å²) in [6.45, 7) is 0. The fraction of sp³-hybridized carbons (Fsp3) is 0.227. The van der Waals surface area contributed by atoms with Crippen LogP contribution in [0.25, 0.3) is 5.70 Å². The van der Waals surface area contributed by atoms with Gasteiger partial charge in [-0.3, -0.25) is 14.9 Å². The lowest BCUT2D eigenvalue weighted by molar-refractivity contribution is -0.129. The lowest BCUT2D eigenvalue weighted by Gasteiger charge is -2.46. The van der Waals surface area contributed by atoms with Crippen LogP contribution < -0.4 is 15.4 Å². The molecule has 2 aromatic rings. The maximum atomic E-state index is 13.4. The third-order valence-electron chi connectivity index (χ3n) is 5.98. The number of fused-ring (bicyclic) bond motifs is 3. The molecule has 5 rings (SSSR count). The van der Waals surface area contributed by atoms with Crippen LogP contribution in [-0.4, -0.2) is 42.9 Å². The van der Waals surface area contributed by atoms with Gasteiger partial charge in [-0.05, 0) is 17.7 Å². The van der Waals surface area contributed by atoms with Gasteiger partial charge in [-0.15, -0.1) is 0 Å². The van der Waals surface area contributed by atoms with Gasteiger partial charge in [0, 0.05) is 29.7 Å². The molecule has 3 unspecified atom stereocenters. The third kappa shape index (κ3) is 2.40. The van der Waals surface area contributed by atoms with E-state index < -0.39 is 29.9 Å². The number of carbonyl (C=O) groups excluding carboxylic acids is 3. The van der Waals surface area contributed by atoms with Crippen molar-refractivity contribution in [2.24, 2.45) is 5.92 Å². The first-order chi connectivity index (χ1) is 14.0. The number of rotatable bonds is 2. The van der Waals surface area contributed by atoms with Crippen LogP contribution in [0.15, 0.2) is 54.1 Å². The minimum absolute atomic E-state index is 0.0956. The predicted molar refractivity (Wildman–Crippen MR) is 105 cm³/mol. The van der Waals surface area contributed by atoms with E-state index in [0.29, 0.717) is 22.6 Å². The quantitative estimate of drug-likeness (QED) is 0.822. The normalized spacial score (nSPS) is 25.1. The largest absolute Gasteiger partial charge is 0.497 e. The SMILES string of the molecule is COc1cccc(C2C3=C(NC4C2C(=O)NC(=O)N4C)c2ccccc2C3=O)c1. The summed E-state index contributed by atoms with van der Waals surface area (Å²) < 4.78 is 5.37. The highest BCUT2D eigenvalue weighted by molar-refractivity contribution is 6.22. The third-order valence-corrected chi connectivity index (χ3v) is 5.98. The Morgan fingerprint density at radius 3 is 2.52 bits per heavy atom. The van der Waals surface area contributed by atoms with Crippen molar-refractivity contribution in [2.45, 2.75) is 12.1 Å². The predicted octanol–water partition coefficient (Wildman–Crippen LogP) is 2.11. The Hall–Kier alpha value is -3.61. The summed E-state index contributed by atoms with van der Waals surface area (Å²) in [5.41, 5.74) is 3.44. The average Bonchev–Trinajstić information content (AvgIpc) is 3.03. The molecule has 29 heavy (non-hydrogen) atoms. The summed E-state index contributed by atoms with van der Waals surface area (Å²) in [6, 6.07) is 14.3. The van der Waals surface area contributed by atoms with Crippen molar-refractivity contribution in [1.29, 1.82) is 0 Å². The number of allylic oxidation sites excluding steroid dienone is 1.